The number of halogens is 1. The van der Waals surface area contributed by atoms with E-state index in [1.165, 1.54) is 23.8 Å². The van der Waals surface area contributed by atoms with Crippen LogP contribution in [0, 0.1) is 19.7 Å². The lowest BCUT2D eigenvalue weighted by Crippen LogP contribution is -2.29. The Hall–Kier alpha value is -3.73. The average molecular weight is 515 g/mol. The highest BCUT2D eigenvalue weighted by Gasteiger charge is 2.27. The average Bonchev–Trinajstić information content (AvgIpc) is 3.16. The van der Waals surface area contributed by atoms with Gasteiger partial charge in [0.1, 0.15) is 15.7 Å². The summed E-state index contributed by atoms with van der Waals surface area (Å²) >= 11 is 0. The molecule has 1 atom stereocenters. The number of pyridine rings is 2. The van der Waals surface area contributed by atoms with Crippen molar-refractivity contribution in [2.75, 3.05) is 25.7 Å². The minimum atomic E-state index is -3.55. The number of nitrogens with zero attached hydrogens (tertiary/aromatic N) is 3. The third-order valence-electron chi connectivity index (χ3n) is 5.95. The van der Waals surface area contributed by atoms with E-state index < -0.39 is 27.3 Å². The summed E-state index contributed by atoms with van der Waals surface area (Å²) in [7, 11) is -2.08. The standard InChI is InChI=1S/C25H27FN4O5S/c1-6-35-24-21(34-4)10-9-19(28-24)20(13-36(5,32)33)30-23-22(29-25(30)31)15(3)18(12-27-23)17-11-16(26)8-7-14(17)2/h7-12,20H,6,13H2,1-5H3,(H,29,31). The molecule has 1 N–H and O–H groups in total. The molecule has 0 saturated carbocycles. The van der Waals surface area contributed by atoms with Gasteiger partial charge in [-0.1, -0.05) is 6.07 Å². The van der Waals surface area contributed by atoms with Crippen molar-refractivity contribution in [1.29, 1.82) is 0 Å². The minimum Gasteiger partial charge on any atom is -0.491 e. The zero-order valence-electron chi connectivity index (χ0n) is 20.6. The molecule has 0 saturated heterocycles. The number of rotatable bonds is 8. The normalized spacial score (nSPS) is 12.6. The largest absolute Gasteiger partial charge is 0.491 e. The van der Waals surface area contributed by atoms with Gasteiger partial charge in [0.2, 0.25) is 0 Å². The second-order valence-corrected chi connectivity index (χ2v) is 10.7. The first kappa shape index (κ1) is 25.4. The van der Waals surface area contributed by atoms with E-state index in [1.54, 1.807) is 38.2 Å². The third kappa shape index (κ3) is 4.83. The van der Waals surface area contributed by atoms with Gasteiger partial charge in [-0.3, -0.25) is 4.57 Å². The van der Waals surface area contributed by atoms with Crippen LogP contribution in [0.15, 0.2) is 41.3 Å². The van der Waals surface area contributed by atoms with Gasteiger partial charge in [0.15, 0.2) is 11.4 Å². The van der Waals surface area contributed by atoms with Crippen molar-refractivity contribution >= 4 is 21.0 Å². The van der Waals surface area contributed by atoms with Crippen LogP contribution in [0.4, 0.5) is 4.39 Å². The number of aryl methyl sites for hydroxylation is 2. The lowest BCUT2D eigenvalue weighted by Gasteiger charge is -2.19. The summed E-state index contributed by atoms with van der Waals surface area (Å²) in [6.45, 7) is 5.77. The lowest BCUT2D eigenvalue weighted by atomic mass is 9.98. The van der Waals surface area contributed by atoms with Gasteiger partial charge in [-0.05, 0) is 61.7 Å². The molecule has 4 rings (SSSR count). The molecule has 0 fully saturated rings. The van der Waals surface area contributed by atoms with E-state index >= 15 is 0 Å². The topological polar surface area (TPSA) is 116 Å². The van der Waals surface area contributed by atoms with Gasteiger partial charge in [0.25, 0.3) is 5.88 Å². The van der Waals surface area contributed by atoms with Crippen LogP contribution in [0.2, 0.25) is 0 Å². The van der Waals surface area contributed by atoms with Crippen molar-refractivity contribution in [3.8, 4) is 22.8 Å². The van der Waals surface area contributed by atoms with Crippen LogP contribution in [0.5, 0.6) is 11.6 Å². The van der Waals surface area contributed by atoms with Crippen LogP contribution in [0.1, 0.15) is 29.8 Å². The monoisotopic (exact) mass is 514 g/mol. The molecular weight excluding hydrogens is 487 g/mol. The molecule has 0 radical (unpaired) electrons. The zero-order valence-corrected chi connectivity index (χ0v) is 21.4. The molecule has 9 nitrogen and oxygen atoms in total. The molecule has 0 aliphatic rings. The van der Waals surface area contributed by atoms with E-state index in [1.807, 2.05) is 6.92 Å². The Kier molecular flexibility index (Phi) is 6.85. The summed E-state index contributed by atoms with van der Waals surface area (Å²) < 4.78 is 50.9. The summed E-state index contributed by atoms with van der Waals surface area (Å²) in [5.74, 6) is -0.202. The molecule has 4 aromatic rings. The van der Waals surface area contributed by atoms with Gasteiger partial charge in [0.05, 0.1) is 36.7 Å². The maximum atomic E-state index is 14.0. The first-order valence-corrected chi connectivity index (χ1v) is 13.3. The fourth-order valence-electron chi connectivity index (χ4n) is 4.23. The minimum absolute atomic E-state index is 0.192. The number of methoxy groups -OCH3 is 1. The van der Waals surface area contributed by atoms with Crippen LogP contribution in [0.25, 0.3) is 22.3 Å². The van der Waals surface area contributed by atoms with Gasteiger partial charge in [0, 0.05) is 18.0 Å². The van der Waals surface area contributed by atoms with E-state index in [9.17, 15) is 17.6 Å². The number of imidazole rings is 1. The highest BCUT2D eigenvalue weighted by molar-refractivity contribution is 7.90. The van der Waals surface area contributed by atoms with Crippen molar-refractivity contribution in [2.45, 2.75) is 26.8 Å². The first-order chi connectivity index (χ1) is 17.0. The molecule has 0 bridgehead atoms. The number of hydrogen-bond acceptors (Lipinski definition) is 7. The number of H-pyrrole nitrogens is 1. The molecule has 36 heavy (non-hydrogen) atoms. The fourth-order valence-corrected chi connectivity index (χ4v) is 5.13. The zero-order chi connectivity index (χ0) is 26.2. The Bertz CT molecular complexity index is 1610. The molecule has 0 aliphatic heterocycles. The summed E-state index contributed by atoms with van der Waals surface area (Å²) in [5, 5.41) is 0. The Morgan fingerprint density at radius 3 is 2.58 bits per heavy atom. The number of benzene rings is 1. The van der Waals surface area contributed by atoms with Crippen LogP contribution in [-0.2, 0) is 9.84 Å². The molecule has 3 aromatic heterocycles. The number of hydrogen-bond donors (Lipinski definition) is 1. The number of ether oxygens (including phenoxy) is 2. The van der Waals surface area contributed by atoms with Crippen molar-refractivity contribution in [3.05, 3.63) is 69.7 Å². The maximum Gasteiger partial charge on any atom is 0.328 e. The number of aromatic amines is 1. The molecule has 3 heterocycles. The summed E-state index contributed by atoms with van der Waals surface area (Å²) in [5.41, 5.74) is 3.30. The summed E-state index contributed by atoms with van der Waals surface area (Å²) in [6, 6.07) is 6.71. The van der Waals surface area contributed by atoms with Crippen LogP contribution in [0.3, 0.4) is 0 Å². The molecule has 1 unspecified atom stereocenters. The highest BCUT2D eigenvalue weighted by Crippen LogP contribution is 2.33. The van der Waals surface area contributed by atoms with Crippen molar-refractivity contribution in [2.24, 2.45) is 0 Å². The molecule has 0 spiro atoms. The van der Waals surface area contributed by atoms with Crippen molar-refractivity contribution in [1.82, 2.24) is 19.5 Å². The second-order valence-electron chi connectivity index (χ2n) is 8.54. The van der Waals surface area contributed by atoms with Gasteiger partial charge in [-0.25, -0.2) is 27.6 Å². The number of sulfone groups is 1. The van der Waals surface area contributed by atoms with Gasteiger partial charge in [-0.15, -0.1) is 0 Å². The molecule has 0 aliphatic carbocycles. The highest BCUT2D eigenvalue weighted by atomic mass is 32.2. The van der Waals surface area contributed by atoms with E-state index in [4.69, 9.17) is 9.47 Å². The molecule has 11 heteroatoms. The Morgan fingerprint density at radius 1 is 1.17 bits per heavy atom. The summed E-state index contributed by atoms with van der Waals surface area (Å²) in [6.07, 6.45) is 2.66. The lowest BCUT2D eigenvalue weighted by molar-refractivity contribution is 0.296. The molecule has 0 amide bonds. The quantitative estimate of drug-likeness (QED) is 0.382. The van der Waals surface area contributed by atoms with E-state index in [0.29, 0.717) is 40.3 Å². The second kappa shape index (κ2) is 9.73. The molecule has 1 aromatic carbocycles. The molecule has 190 valence electrons. The number of fused-ring (bicyclic) bond motifs is 1. The van der Waals surface area contributed by atoms with E-state index in [0.717, 1.165) is 11.8 Å². The smallest absolute Gasteiger partial charge is 0.328 e. The van der Waals surface area contributed by atoms with E-state index in [2.05, 4.69) is 15.0 Å². The summed E-state index contributed by atoms with van der Waals surface area (Å²) in [4.78, 5) is 25.0. The first-order valence-electron chi connectivity index (χ1n) is 11.3. The Balaban J connectivity index is 1.94. The van der Waals surface area contributed by atoms with Crippen LogP contribution in [-0.4, -0.2) is 53.7 Å². The Morgan fingerprint density at radius 2 is 1.92 bits per heavy atom. The predicted molar refractivity (Wildman–Crippen MR) is 135 cm³/mol. The van der Waals surface area contributed by atoms with E-state index in [-0.39, 0.29) is 17.3 Å². The van der Waals surface area contributed by atoms with Crippen molar-refractivity contribution < 1.29 is 22.3 Å². The van der Waals surface area contributed by atoms with Gasteiger partial charge >= 0.3 is 5.69 Å². The van der Waals surface area contributed by atoms with Crippen molar-refractivity contribution in [3.63, 3.8) is 0 Å². The number of aromatic nitrogens is 4. The van der Waals surface area contributed by atoms with Gasteiger partial charge < -0.3 is 14.5 Å². The predicted octanol–water partition coefficient (Wildman–Crippen LogP) is 3.58. The Labute approximate surface area is 207 Å². The van der Waals surface area contributed by atoms with Gasteiger partial charge in [-0.2, -0.15) is 0 Å². The molecular formula is C25H27FN4O5S. The third-order valence-corrected chi connectivity index (χ3v) is 6.87. The fraction of sp³-hybridized carbons (Fsp3) is 0.320. The number of nitrogens with one attached hydrogen (secondary N) is 1. The maximum absolute atomic E-state index is 14.0. The van der Waals surface area contributed by atoms with Crippen LogP contribution < -0.4 is 15.2 Å². The SMILES string of the molecule is CCOc1nc(C(CS(C)(=O)=O)n2c(=O)[nH]c3c(C)c(-c4cc(F)ccc4C)cnc32)ccc1OC. The van der Waals surface area contributed by atoms with Crippen LogP contribution >= 0.6 is 0 Å².